The lowest BCUT2D eigenvalue weighted by atomic mass is 10.4. The first kappa shape index (κ1) is 6.27. The van der Waals surface area contributed by atoms with Gasteiger partial charge in [-0.1, -0.05) is 0 Å². The Morgan fingerprint density at radius 3 is 3.18 bits per heavy atom. The van der Waals surface area contributed by atoms with Gasteiger partial charge in [-0.15, -0.1) is 0 Å². The Balaban J connectivity index is 2.86. The van der Waals surface area contributed by atoms with E-state index in [1.165, 1.54) is 6.07 Å². The standard InChI is InChI=1S/C7H6FN3/c1-5-6(8)4-7-9-2-3-11(7)10-5/h2-4H,1H3. The molecule has 0 aliphatic heterocycles. The van der Waals surface area contributed by atoms with Crippen molar-refractivity contribution in [1.29, 1.82) is 0 Å². The highest BCUT2D eigenvalue weighted by molar-refractivity contribution is 5.36. The van der Waals surface area contributed by atoms with Gasteiger partial charge in [-0.05, 0) is 6.92 Å². The fraction of sp³-hybridized carbons (Fsp3) is 0.143. The Morgan fingerprint density at radius 2 is 2.36 bits per heavy atom. The maximum atomic E-state index is 12.8. The summed E-state index contributed by atoms with van der Waals surface area (Å²) in [5, 5.41) is 3.91. The van der Waals surface area contributed by atoms with Crippen molar-refractivity contribution in [1.82, 2.24) is 14.6 Å². The van der Waals surface area contributed by atoms with Gasteiger partial charge in [-0.2, -0.15) is 5.10 Å². The van der Waals surface area contributed by atoms with Crippen LogP contribution in [-0.4, -0.2) is 14.6 Å². The highest BCUT2D eigenvalue weighted by Gasteiger charge is 2.00. The molecule has 2 rings (SSSR count). The monoisotopic (exact) mass is 151 g/mol. The number of nitrogens with zero attached hydrogens (tertiary/aromatic N) is 3. The Bertz CT molecular complexity index is 357. The molecule has 0 unspecified atom stereocenters. The van der Waals surface area contributed by atoms with Gasteiger partial charge in [0.05, 0.1) is 5.69 Å². The second kappa shape index (κ2) is 2.02. The van der Waals surface area contributed by atoms with Crippen molar-refractivity contribution in [2.75, 3.05) is 0 Å². The van der Waals surface area contributed by atoms with Gasteiger partial charge < -0.3 is 0 Å². The number of fused-ring (bicyclic) bond motifs is 1. The fourth-order valence-electron chi connectivity index (χ4n) is 0.923. The van der Waals surface area contributed by atoms with Crippen LogP contribution in [0, 0.1) is 12.7 Å². The van der Waals surface area contributed by atoms with Crippen LogP contribution in [0.2, 0.25) is 0 Å². The van der Waals surface area contributed by atoms with E-state index in [1.807, 2.05) is 0 Å². The summed E-state index contributed by atoms with van der Waals surface area (Å²) >= 11 is 0. The van der Waals surface area contributed by atoms with Gasteiger partial charge in [0.1, 0.15) is 5.82 Å². The number of rotatable bonds is 0. The van der Waals surface area contributed by atoms with Crippen molar-refractivity contribution in [3.63, 3.8) is 0 Å². The van der Waals surface area contributed by atoms with Gasteiger partial charge in [0.15, 0.2) is 5.65 Å². The summed E-state index contributed by atoms with van der Waals surface area (Å²) in [6.45, 7) is 1.62. The van der Waals surface area contributed by atoms with E-state index in [9.17, 15) is 4.39 Å². The molecule has 3 nitrogen and oxygen atoms in total. The molecule has 2 heterocycles. The SMILES string of the molecule is Cc1nn2ccnc2cc1F. The molecule has 4 heteroatoms. The molecule has 0 aliphatic rings. The molecule has 0 spiro atoms. The van der Waals surface area contributed by atoms with Crippen LogP contribution in [0.4, 0.5) is 4.39 Å². The van der Waals surface area contributed by atoms with Gasteiger partial charge in [0, 0.05) is 18.5 Å². The quantitative estimate of drug-likeness (QED) is 0.565. The van der Waals surface area contributed by atoms with Crippen LogP contribution in [0.5, 0.6) is 0 Å². The zero-order chi connectivity index (χ0) is 7.84. The Labute approximate surface area is 62.5 Å². The first-order valence-electron chi connectivity index (χ1n) is 3.24. The second-order valence-electron chi connectivity index (χ2n) is 2.31. The van der Waals surface area contributed by atoms with Crippen molar-refractivity contribution < 1.29 is 4.39 Å². The minimum absolute atomic E-state index is 0.316. The minimum atomic E-state index is -0.316. The number of hydrogen-bond donors (Lipinski definition) is 0. The third kappa shape index (κ3) is 0.869. The summed E-state index contributed by atoms with van der Waals surface area (Å²) in [5.41, 5.74) is 0.920. The summed E-state index contributed by atoms with van der Waals surface area (Å²) < 4.78 is 14.4. The number of aryl methyl sites for hydroxylation is 1. The molecule has 0 saturated carbocycles. The lowest BCUT2D eigenvalue weighted by Gasteiger charge is -1.95. The van der Waals surface area contributed by atoms with Crippen LogP contribution in [0.15, 0.2) is 18.5 Å². The van der Waals surface area contributed by atoms with Crippen LogP contribution in [0.25, 0.3) is 5.65 Å². The molecule has 0 radical (unpaired) electrons. The van der Waals surface area contributed by atoms with E-state index in [0.29, 0.717) is 11.3 Å². The van der Waals surface area contributed by atoms with E-state index >= 15 is 0 Å². The largest absolute Gasteiger partial charge is 0.235 e. The summed E-state index contributed by atoms with van der Waals surface area (Å²) in [6.07, 6.45) is 3.27. The van der Waals surface area contributed by atoms with Crippen LogP contribution < -0.4 is 0 Å². The number of aromatic nitrogens is 3. The number of imidazole rings is 1. The minimum Gasteiger partial charge on any atom is -0.235 e. The van der Waals surface area contributed by atoms with E-state index in [2.05, 4.69) is 10.1 Å². The normalized spacial score (nSPS) is 10.7. The average Bonchev–Trinajstić information content (AvgIpc) is 2.36. The first-order valence-corrected chi connectivity index (χ1v) is 3.24. The molecule has 0 aliphatic carbocycles. The Kier molecular flexibility index (Phi) is 1.15. The zero-order valence-electron chi connectivity index (χ0n) is 5.95. The Morgan fingerprint density at radius 1 is 1.55 bits per heavy atom. The maximum Gasteiger partial charge on any atom is 0.156 e. The lowest BCUT2D eigenvalue weighted by molar-refractivity contribution is 0.600. The summed E-state index contributed by atoms with van der Waals surface area (Å²) in [5.74, 6) is -0.316. The van der Waals surface area contributed by atoms with Crippen LogP contribution in [-0.2, 0) is 0 Å². The third-order valence-corrected chi connectivity index (χ3v) is 1.51. The smallest absolute Gasteiger partial charge is 0.156 e. The van der Waals surface area contributed by atoms with Crippen LogP contribution in [0.3, 0.4) is 0 Å². The van der Waals surface area contributed by atoms with E-state index < -0.39 is 0 Å². The molecule has 0 fully saturated rings. The molecule has 0 amide bonds. The summed E-state index contributed by atoms with van der Waals surface area (Å²) in [6, 6.07) is 1.36. The molecular formula is C7H6FN3. The van der Waals surface area contributed by atoms with Crippen LogP contribution in [0.1, 0.15) is 5.69 Å². The predicted octanol–water partition coefficient (Wildman–Crippen LogP) is 1.18. The van der Waals surface area contributed by atoms with Crippen molar-refractivity contribution in [2.45, 2.75) is 6.92 Å². The zero-order valence-corrected chi connectivity index (χ0v) is 5.95. The van der Waals surface area contributed by atoms with E-state index in [1.54, 1.807) is 23.8 Å². The average molecular weight is 151 g/mol. The molecule has 2 aromatic heterocycles. The molecule has 0 bridgehead atoms. The summed E-state index contributed by atoms with van der Waals surface area (Å²) in [7, 11) is 0. The highest BCUT2D eigenvalue weighted by Crippen LogP contribution is 2.04. The van der Waals surface area contributed by atoms with E-state index in [-0.39, 0.29) is 5.82 Å². The lowest BCUT2D eigenvalue weighted by Crippen LogP contribution is -1.96. The number of hydrogen-bond acceptors (Lipinski definition) is 2. The van der Waals surface area contributed by atoms with Crippen molar-refractivity contribution in [3.05, 3.63) is 30.0 Å². The predicted molar refractivity (Wildman–Crippen MR) is 37.7 cm³/mol. The van der Waals surface area contributed by atoms with Crippen LogP contribution >= 0.6 is 0 Å². The van der Waals surface area contributed by atoms with Gasteiger partial charge in [-0.3, -0.25) is 0 Å². The molecule has 56 valence electrons. The van der Waals surface area contributed by atoms with Crippen molar-refractivity contribution in [2.24, 2.45) is 0 Å². The first-order chi connectivity index (χ1) is 5.27. The van der Waals surface area contributed by atoms with Crippen molar-refractivity contribution >= 4 is 5.65 Å². The maximum absolute atomic E-state index is 12.8. The van der Waals surface area contributed by atoms with E-state index in [0.717, 1.165) is 0 Å². The third-order valence-electron chi connectivity index (χ3n) is 1.51. The van der Waals surface area contributed by atoms with Gasteiger partial charge in [-0.25, -0.2) is 13.9 Å². The molecular weight excluding hydrogens is 145 g/mol. The Hall–Kier alpha value is -1.45. The molecule has 2 aromatic rings. The van der Waals surface area contributed by atoms with Gasteiger partial charge >= 0.3 is 0 Å². The summed E-state index contributed by atoms with van der Waals surface area (Å²) in [4.78, 5) is 3.88. The molecule has 0 N–H and O–H groups in total. The number of halogens is 1. The van der Waals surface area contributed by atoms with Crippen molar-refractivity contribution in [3.8, 4) is 0 Å². The highest BCUT2D eigenvalue weighted by atomic mass is 19.1. The molecule has 0 atom stereocenters. The fourth-order valence-corrected chi connectivity index (χ4v) is 0.923. The second-order valence-corrected chi connectivity index (χ2v) is 2.31. The van der Waals surface area contributed by atoms with E-state index in [4.69, 9.17) is 0 Å². The molecule has 11 heavy (non-hydrogen) atoms. The molecule has 0 aromatic carbocycles. The van der Waals surface area contributed by atoms with Gasteiger partial charge in [0.2, 0.25) is 0 Å². The van der Waals surface area contributed by atoms with Gasteiger partial charge in [0.25, 0.3) is 0 Å². The topological polar surface area (TPSA) is 30.2 Å². The molecule has 0 saturated heterocycles.